The van der Waals surface area contributed by atoms with Gasteiger partial charge in [0.2, 0.25) is 0 Å². The molecule has 3 N–H and O–H groups in total. The summed E-state index contributed by atoms with van der Waals surface area (Å²) in [5.74, 6) is 0.255. The molecule has 4 aliphatic rings. The molecule has 0 unspecified atom stereocenters. The van der Waals surface area contributed by atoms with Gasteiger partial charge < -0.3 is 34.1 Å². The summed E-state index contributed by atoms with van der Waals surface area (Å²) in [6.07, 6.45) is 3.03. The summed E-state index contributed by atoms with van der Waals surface area (Å²) in [4.78, 5) is 12.3. The second-order valence-electron chi connectivity index (χ2n) is 11.1. The first-order chi connectivity index (χ1) is 18.9. The molecule has 11 heteroatoms. The molecule has 3 aromatic rings. The average molecular weight is 560 g/mol. The number of ether oxygens (including phenoxy) is 4. The smallest absolute Gasteiger partial charge is 0.296 e. The van der Waals surface area contributed by atoms with E-state index in [-0.39, 0.29) is 48.8 Å². The summed E-state index contributed by atoms with van der Waals surface area (Å²) in [5, 5.41) is 20.2. The van der Waals surface area contributed by atoms with Gasteiger partial charge in [0.05, 0.1) is 41.7 Å². The lowest BCUT2D eigenvalue weighted by atomic mass is 9.94. The van der Waals surface area contributed by atoms with Gasteiger partial charge in [0, 0.05) is 6.07 Å². The first-order valence-corrected chi connectivity index (χ1v) is 14.1. The van der Waals surface area contributed by atoms with Gasteiger partial charge in [-0.2, -0.15) is 4.98 Å². The molecule has 0 bridgehead atoms. The highest BCUT2D eigenvalue weighted by Crippen LogP contribution is 2.41. The molecule has 1 aromatic carbocycles. The molecule has 7 rings (SSSR count). The number of aliphatic hydroxyl groups excluding tert-OH is 2. The zero-order chi connectivity index (χ0) is 26.7. The van der Waals surface area contributed by atoms with E-state index in [1.807, 2.05) is 6.07 Å². The van der Waals surface area contributed by atoms with Crippen molar-refractivity contribution in [3.63, 3.8) is 0 Å². The van der Waals surface area contributed by atoms with Crippen LogP contribution < -0.4 is 9.47 Å². The van der Waals surface area contributed by atoms with Crippen LogP contribution in [0.5, 0.6) is 11.8 Å². The van der Waals surface area contributed by atoms with Crippen molar-refractivity contribution < 1.29 is 33.6 Å². The van der Waals surface area contributed by atoms with E-state index in [0.29, 0.717) is 46.2 Å². The fourth-order valence-electron chi connectivity index (χ4n) is 6.47. The highest BCUT2D eigenvalue weighted by molar-refractivity contribution is 6.31. The Morgan fingerprint density at radius 1 is 1.00 bits per heavy atom. The summed E-state index contributed by atoms with van der Waals surface area (Å²) in [6.45, 7) is 0.520. The number of rotatable bonds is 6. The van der Waals surface area contributed by atoms with Crippen LogP contribution in [0.25, 0.3) is 11.2 Å². The lowest BCUT2D eigenvalue weighted by Gasteiger charge is -2.26. The van der Waals surface area contributed by atoms with Crippen molar-refractivity contribution in [3.05, 3.63) is 45.9 Å². The first kappa shape index (κ1) is 25.5. The van der Waals surface area contributed by atoms with E-state index in [1.165, 1.54) is 6.07 Å². The second-order valence-corrected chi connectivity index (χ2v) is 11.5. The van der Waals surface area contributed by atoms with E-state index < -0.39 is 12.2 Å². The summed E-state index contributed by atoms with van der Waals surface area (Å²) >= 11 is 6.61. The van der Waals surface area contributed by atoms with Crippen molar-refractivity contribution in [2.75, 3.05) is 13.2 Å². The molecule has 0 spiro atoms. The van der Waals surface area contributed by atoms with Crippen molar-refractivity contribution in [2.24, 2.45) is 0 Å². The van der Waals surface area contributed by atoms with Crippen LogP contribution in [0, 0.1) is 5.82 Å². The van der Waals surface area contributed by atoms with Gasteiger partial charge in [-0.15, -0.1) is 0 Å². The number of aromatic amines is 1. The van der Waals surface area contributed by atoms with Crippen LogP contribution in [-0.4, -0.2) is 75.0 Å². The predicted octanol–water partition coefficient (Wildman–Crippen LogP) is 3.61. The zero-order valence-corrected chi connectivity index (χ0v) is 22.1. The molecule has 4 heterocycles. The van der Waals surface area contributed by atoms with Gasteiger partial charge in [-0.1, -0.05) is 11.6 Å². The average Bonchev–Trinajstić information content (AvgIpc) is 3.67. The third-order valence-electron chi connectivity index (χ3n) is 8.47. The summed E-state index contributed by atoms with van der Waals surface area (Å²) in [5.41, 5.74) is 3.44. The van der Waals surface area contributed by atoms with Crippen molar-refractivity contribution in [1.29, 1.82) is 0 Å². The highest BCUT2D eigenvalue weighted by Gasteiger charge is 2.48. The second kappa shape index (κ2) is 10.2. The Kier molecular flexibility index (Phi) is 6.63. The van der Waals surface area contributed by atoms with Gasteiger partial charge in [-0.05, 0) is 74.1 Å². The van der Waals surface area contributed by atoms with E-state index >= 15 is 4.39 Å². The van der Waals surface area contributed by atoms with Crippen LogP contribution >= 0.6 is 11.6 Å². The number of fused-ring (bicyclic) bond motifs is 3. The maximum atomic E-state index is 15.3. The lowest BCUT2D eigenvalue weighted by Crippen LogP contribution is -2.34. The topological polar surface area (TPSA) is 119 Å². The highest BCUT2D eigenvalue weighted by atomic mass is 35.5. The van der Waals surface area contributed by atoms with Gasteiger partial charge in [0.15, 0.2) is 11.8 Å². The molecule has 5 atom stereocenters. The van der Waals surface area contributed by atoms with Crippen molar-refractivity contribution in [2.45, 2.75) is 87.5 Å². The molecule has 9 nitrogen and oxygen atoms in total. The Balaban J connectivity index is 1.06. The van der Waals surface area contributed by atoms with Crippen LogP contribution in [0.2, 0.25) is 5.02 Å². The Labute approximate surface area is 229 Å². The number of nitrogens with one attached hydrogen (secondary N) is 1. The molecule has 3 fully saturated rings. The normalized spacial score (nSPS) is 31.9. The first-order valence-electron chi connectivity index (χ1n) is 13.7. The van der Waals surface area contributed by atoms with Crippen LogP contribution in [0.3, 0.4) is 0 Å². The van der Waals surface area contributed by atoms with E-state index in [1.54, 1.807) is 6.07 Å². The molecule has 2 saturated heterocycles. The number of H-pyrrole nitrogens is 1. The molecular weight excluding hydrogens is 529 g/mol. The largest absolute Gasteiger partial charge is 0.490 e. The van der Waals surface area contributed by atoms with Crippen molar-refractivity contribution >= 4 is 22.8 Å². The number of aromatic nitrogens is 3. The number of aliphatic hydroxyl groups is 2. The molecule has 208 valence electrons. The van der Waals surface area contributed by atoms with Crippen LogP contribution in [0.1, 0.15) is 54.8 Å². The maximum absolute atomic E-state index is 15.3. The number of aryl methyl sites for hydroxylation is 1. The summed E-state index contributed by atoms with van der Waals surface area (Å²) in [7, 11) is 0. The van der Waals surface area contributed by atoms with Gasteiger partial charge in [0.25, 0.3) is 6.01 Å². The number of benzene rings is 1. The minimum Gasteiger partial charge on any atom is -0.490 e. The van der Waals surface area contributed by atoms with E-state index in [4.69, 9.17) is 35.5 Å². The molecule has 2 aliphatic carbocycles. The van der Waals surface area contributed by atoms with E-state index in [0.717, 1.165) is 44.1 Å². The number of nitrogens with zero attached hydrogens (tertiary/aromatic N) is 2. The summed E-state index contributed by atoms with van der Waals surface area (Å²) in [6, 6.07) is 5.50. The molecule has 39 heavy (non-hydrogen) atoms. The fraction of sp³-hybridized carbons (Fsp3) is 0.571. The Hall–Kier alpha value is -2.50. The SMILES string of the molecule is OC1CCC(Oc2cc(F)c3c(c2)CC[C@@H]3Cc2nc3nc(O[C@@H]4CO[C@H]5[C@@H]4OC[C@H]5O)[nH]c3cc2Cl)CC1. The Bertz CT molecular complexity index is 1380. The van der Waals surface area contributed by atoms with Gasteiger partial charge in [0.1, 0.15) is 29.9 Å². The number of imidazole rings is 1. The number of hydrogen-bond acceptors (Lipinski definition) is 8. The van der Waals surface area contributed by atoms with Crippen LogP contribution in [0.15, 0.2) is 18.2 Å². The Morgan fingerprint density at radius 2 is 1.82 bits per heavy atom. The van der Waals surface area contributed by atoms with Gasteiger partial charge in [-0.3, -0.25) is 0 Å². The minimum absolute atomic E-state index is 0.0143. The number of hydrogen-bond donors (Lipinski definition) is 3. The third kappa shape index (κ3) is 4.86. The minimum atomic E-state index is -0.654. The lowest BCUT2D eigenvalue weighted by molar-refractivity contribution is 0.00706. The summed E-state index contributed by atoms with van der Waals surface area (Å²) < 4.78 is 38.6. The van der Waals surface area contributed by atoms with Crippen molar-refractivity contribution in [1.82, 2.24) is 15.0 Å². The van der Waals surface area contributed by atoms with Gasteiger partial charge >= 0.3 is 0 Å². The van der Waals surface area contributed by atoms with Crippen LogP contribution in [-0.2, 0) is 22.3 Å². The standard InChI is InChI=1S/C28H31ClFN3O6/c29-18-10-21-27(33-28(32-21)39-23-12-37-25-22(35)11-36-26(23)25)31-20(18)8-14-2-1-13-7-17(9-19(30)24(13)14)38-16-5-3-15(34)4-6-16/h7,9-10,14-16,22-23,25-26,34-35H,1-6,8,11-12H2,(H,31,32,33)/t14-,15?,16?,22-,23-,25-,26-/m1/s1. The number of halogens is 2. The zero-order valence-electron chi connectivity index (χ0n) is 21.3. The van der Waals surface area contributed by atoms with E-state index in [2.05, 4.69) is 9.97 Å². The molecular formula is C28H31ClFN3O6. The van der Waals surface area contributed by atoms with Crippen LogP contribution in [0.4, 0.5) is 4.39 Å². The number of pyridine rings is 1. The Morgan fingerprint density at radius 3 is 2.67 bits per heavy atom. The third-order valence-corrected chi connectivity index (χ3v) is 8.80. The molecule has 1 saturated carbocycles. The molecule has 0 amide bonds. The molecule has 2 aromatic heterocycles. The molecule has 2 aliphatic heterocycles. The predicted molar refractivity (Wildman–Crippen MR) is 139 cm³/mol. The molecule has 0 radical (unpaired) electrons. The monoisotopic (exact) mass is 559 g/mol. The maximum Gasteiger partial charge on any atom is 0.296 e. The van der Waals surface area contributed by atoms with E-state index in [9.17, 15) is 10.2 Å². The quantitative estimate of drug-likeness (QED) is 0.419. The van der Waals surface area contributed by atoms with Crippen molar-refractivity contribution in [3.8, 4) is 11.8 Å². The van der Waals surface area contributed by atoms with Gasteiger partial charge in [-0.25, -0.2) is 9.37 Å². The fourth-order valence-corrected chi connectivity index (χ4v) is 6.69.